The molecule has 0 rings (SSSR count). The summed E-state index contributed by atoms with van der Waals surface area (Å²) in [5.74, 6) is 3.19. The van der Waals surface area contributed by atoms with Gasteiger partial charge in [0.2, 0.25) is 5.91 Å². The normalized spacial score (nSPS) is 9.23. The van der Waals surface area contributed by atoms with Crippen LogP contribution in [0.4, 0.5) is 0 Å². The minimum atomic E-state index is 0.0846. The lowest BCUT2D eigenvalue weighted by Gasteiger charge is -2.02. The zero-order chi connectivity index (χ0) is 9.94. The molecule has 0 unspecified atom stereocenters. The lowest BCUT2D eigenvalue weighted by molar-refractivity contribution is -0.121. The summed E-state index contributed by atoms with van der Waals surface area (Å²) in [7, 11) is 0. The first kappa shape index (κ1) is 12.3. The van der Waals surface area contributed by atoms with Crippen LogP contribution in [0.3, 0.4) is 0 Å². The third-order valence-corrected chi connectivity index (χ3v) is 1.87. The van der Waals surface area contributed by atoms with Gasteiger partial charge in [-0.1, -0.05) is 0 Å². The van der Waals surface area contributed by atoms with Gasteiger partial charge in [0, 0.05) is 25.3 Å². The van der Waals surface area contributed by atoms with Crippen molar-refractivity contribution in [2.45, 2.75) is 32.1 Å². The molecule has 13 heavy (non-hydrogen) atoms. The average Bonchev–Trinajstić information content (AvgIpc) is 2.14. The standard InChI is InChI=1S/C10H16ClNO/c1-2-3-4-5-9-12-10(13)7-6-8-11/h1H,3-9H2,(H,12,13). The van der Waals surface area contributed by atoms with E-state index in [1.807, 2.05) is 0 Å². The Morgan fingerprint density at radius 1 is 1.38 bits per heavy atom. The van der Waals surface area contributed by atoms with Gasteiger partial charge in [-0.2, -0.15) is 0 Å². The number of amides is 1. The predicted octanol–water partition coefficient (Wildman–Crippen LogP) is 1.93. The van der Waals surface area contributed by atoms with Crippen LogP contribution in [-0.4, -0.2) is 18.3 Å². The summed E-state index contributed by atoms with van der Waals surface area (Å²) >= 11 is 5.45. The molecular weight excluding hydrogens is 186 g/mol. The van der Waals surface area contributed by atoms with E-state index in [9.17, 15) is 4.79 Å². The maximum atomic E-state index is 11.0. The second kappa shape index (κ2) is 9.41. The molecule has 1 amide bonds. The Balaban J connectivity index is 3.13. The molecule has 0 radical (unpaired) electrons. The van der Waals surface area contributed by atoms with Crippen LogP contribution in [0.1, 0.15) is 32.1 Å². The molecule has 0 saturated heterocycles. The Morgan fingerprint density at radius 2 is 2.15 bits per heavy atom. The molecule has 2 nitrogen and oxygen atoms in total. The Hall–Kier alpha value is -0.680. The molecule has 0 aromatic rings. The van der Waals surface area contributed by atoms with Crippen LogP contribution < -0.4 is 5.32 Å². The van der Waals surface area contributed by atoms with E-state index in [2.05, 4.69) is 11.2 Å². The van der Waals surface area contributed by atoms with Gasteiger partial charge in [0.1, 0.15) is 0 Å². The molecule has 0 aromatic heterocycles. The quantitative estimate of drug-likeness (QED) is 0.381. The van der Waals surface area contributed by atoms with E-state index in [4.69, 9.17) is 18.0 Å². The van der Waals surface area contributed by atoms with Crippen LogP contribution in [0.5, 0.6) is 0 Å². The Labute approximate surface area is 85.0 Å². The lowest BCUT2D eigenvalue weighted by Crippen LogP contribution is -2.24. The number of nitrogens with one attached hydrogen (secondary N) is 1. The van der Waals surface area contributed by atoms with Crippen molar-refractivity contribution in [1.82, 2.24) is 5.32 Å². The van der Waals surface area contributed by atoms with Gasteiger partial charge < -0.3 is 5.32 Å². The highest BCUT2D eigenvalue weighted by molar-refractivity contribution is 6.17. The molecule has 0 aliphatic rings. The molecule has 0 aromatic carbocycles. The Morgan fingerprint density at radius 3 is 2.77 bits per heavy atom. The number of hydrogen-bond acceptors (Lipinski definition) is 1. The molecule has 0 heterocycles. The minimum Gasteiger partial charge on any atom is -0.356 e. The summed E-state index contributed by atoms with van der Waals surface area (Å²) in [6, 6.07) is 0. The fourth-order valence-corrected chi connectivity index (χ4v) is 1.03. The number of carbonyl (C=O) groups is 1. The van der Waals surface area contributed by atoms with Crippen molar-refractivity contribution < 1.29 is 4.79 Å². The molecule has 0 spiro atoms. The van der Waals surface area contributed by atoms with Crippen molar-refractivity contribution in [3.8, 4) is 12.3 Å². The van der Waals surface area contributed by atoms with E-state index in [1.54, 1.807) is 0 Å². The molecule has 0 saturated carbocycles. The summed E-state index contributed by atoms with van der Waals surface area (Å²) in [4.78, 5) is 11.0. The second-order valence-electron chi connectivity index (χ2n) is 2.80. The van der Waals surface area contributed by atoms with Crippen LogP contribution in [0.15, 0.2) is 0 Å². The first-order chi connectivity index (χ1) is 6.31. The van der Waals surface area contributed by atoms with Gasteiger partial charge in [0.05, 0.1) is 0 Å². The molecule has 0 fully saturated rings. The highest BCUT2D eigenvalue weighted by Crippen LogP contribution is 1.94. The minimum absolute atomic E-state index is 0.0846. The van der Waals surface area contributed by atoms with Crippen LogP contribution in [-0.2, 0) is 4.79 Å². The summed E-state index contributed by atoms with van der Waals surface area (Å²) in [5, 5.41) is 2.81. The van der Waals surface area contributed by atoms with Crippen molar-refractivity contribution >= 4 is 17.5 Å². The van der Waals surface area contributed by atoms with Gasteiger partial charge in [-0.05, 0) is 19.3 Å². The first-order valence-corrected chi connectivity index (χ1v) is 5.11. The number of halogens is 1. The first-order valence-electron chi connectivity index (χ1n) is 4.57. The van der Waals surface area contributed by atoms with Gasteiger partial charge in [-0.25, -0.2) is 0 Å². The van der Waals surface area contributed by atoms with Gasteiger partial charge >= 0.3 is 0 Å². The van der Waals surface area contributed by atoms with Gasteiger partial charge in [-0.3, -0.25) is 4.79 Å². The van der Waals surface area contributed by atoms with Gasteiger partial charge in [0.15, 0.2) is 0 Å². The number of rotatable bonds is 7. The van der Waals surface area contributed by atoms with Crippen molar-refractivity contribution in [3.63, 3.8) is 0 Å². The molecular formula is C10H16ClNO. The summed E-state index contributed by atoms with van der Waals surface area (Å²) in [6.07, 6.45) is 9.08. The highest BCUT2D eigenvalue weighted by Gasteiger charge is 1.98. The topological polar surface area (TPSA) is 29.1 Å². The summed E-state index contributed by atoms with van der Waals surface area (Å²) < 4.78 is 0. The van der Waals surface area contributed by atoms with Gasteiger partial charge in [0.25, 0.3) is 0 Å². The van der Waals surface area contributed by atoms with E-state index in [0.717, 1.165) is 32.2 Å². The fourth-order valence-electron chi connectivity index (χ4n) is 0.896. The SMILES string of the molecule is C#CCCCCNC(=O)CCCCl. The third-order valence-electron chi connectivity index (χ3n) is 1.61. The molecule has 0 aliphatic heterocycles. The Kier molecular flexibility index (Phi) is 8.92. The zero-order valence-corrected chi connectivity index (χ0v) is 8.57. The summed E-state index contributed by atoms with van der Waals surface area (Å²) in [5.41, 5.74) is 0. The van der Waals surface area contributed by atoms with Gasteiger partial charge in [-0.15, -0.1) is 23.9 Å². The van der Waals surface area contributed by atoms with Crippen molar-refractivity contribution in [2.75, 3.05) is 12.4 Å². The summed E-state index contributed by atoms with van der Waals surface area (Å²) in [6.45, 7) is 0.725. The van der Waals surface area contributed by atoms with E-state index in [0.29, 0.717) is 12.3 Å². The molecule has 74 valence electrons. The Bertz CT molecular complexity index is 174. The molecule has 3 heteroatoms. The highest BCUT2D eigenvalue weighted by atomic mass is 35.5. The lowest BCUT2D eigenvalue weighted by atomic mass is 10.2. The molecule has 0 atom stereocenters. The number of unbranched alkanes of at least 4 members (excludes halogenated alkanes) is 2. The molecule has 1 N–H and O–H groups in total. The van der Waals surface area contributed by atoms with Crippen LogP contribution in [0.2, 0.25) is 0 Å². The number of hydrogen-bond donors (Lipinski definition) is 1. The largest absolute Gasteiger partial charge is 0.356 e. The molecule has 0 bridgehead atoms. The van der Waals surface area contributed by atoms with Crippen LogP contribution in [0.25, 0.3) is 0 Å². The second-order valence-corrected chi connectivity index (χ2v) is 3.18. The van der Waals surface area contributed by atoms with Crippen molar-refractivity contribution in [3.05, 3.63) is 0 Å². The predicted molar refractivity (Wildman–Crippen MR) is 55.6 cm³/mol. The van der Waals surface area contributed by atoms with Crippen molar-refractivity contribution in [2.24, 2.45) is 0 Å². The van der Waals surface area contributed by atoms with E-state index in [-0.39, 0.29) is 5.91 Å². The molecule has 0 aliphatic carbocycles. The van der Waals surface area contributed by atoms with E-state index >= 15 is 0 Å². The number of terminal acetylenes is 1. The maximum absolute atomic E-state index is 11.0. The smallest absolute Gasteiger partial charge is 0.220 e. The van der Waals surface area contributed by atoms with Crippen molar-refractivity contribution in [1.29, 1.82) is 0 Å². The number of alkyl halides is 1. The van der Waals surface area contributed by atoms with Crippen LogP contribution >= 0.6 is 11.6 Å². The zero-order valence-electron chi connectivity index (χ0n) is 7.81. The number of carbonyl (C=O) groups excluding carboxylic acids is 1. The fraction of sp³-hybridized carbons (Fsp3) is 0.700. The average molecular weight is 202 g/mol. The third kappa shape index (κ3) is 9.23. The van der Waals surface area contributed by atoms with E-state index < -0.39 is 0 Å². The monoisotopic (exact) mass is 201 g/mol. The maximum Gasteiger partial charge on any atom is 0.220 e. The van der Waals surface area contributed by atoms with E-state index in [1.165, 1.54) is 0 Å². The van der Waals surface area contributed by atoms with Crippen LogP contribution in [0, 0.1) is 12.3 Å².